The topological polar surface area (TPSA) is 17.1 Å². The third-order valence-corrected chi connectivity index (χ3v) is 7.07. The van der Waals surface area contributed by atoms with Gasteiger partial charge in [0.15, 0.2) is 0 Å². The van der Waals surface area contributed by atoms with Gasteiger partial charge >= 0.3 is 0 Å². The van der Waals surface area contributed by atoms with E-state index in [0.717, 1.165) is 6.42 Å². The first-order valence-corrected chi connectivity index (χ1v) is 8.49. The SMILES string of the molecule is CC(=O)CC/C=C(\Br)[Si](C)(C)C. The molecule has 0 spiro atoms. The summed E-state index contributed by atoms with van der Waals surface area (Å²) in [4.78, 5) is 10.6. The molecular formula is C9H17BrOSi. The van der Waals surface area contributed by atoms with Crippen molar-refractivity contribution in [3.05, 3.63) is 10.2 Å². The molecule has 0 aromatic carbocycles. The van der Waals surface area contributed by atoms with Crippen molar-refractivity contribution in [2.24, 2.45) is 0 Å². The molecule has 0 aliphatic heterocycles. The standard InChI is InChI=1S/C9H17BrOSi/c1-8(11)6-5-7-9(10)12(2,3)4/h7H,5-6H2,1-4H3/b9-7+. The number of carbonyl (C=O) groups excluding carboxylic acids is 1. The van der Waals surface area contributed by atoms with E-state index in [2.05, 4.69) is 41.6 Å². The first kappa shape index (κ1) is 12.1. The van der Waals surface area contributed by atoms with Crippen LogP contribution in [0.15, 0.2) is 10.2 Å². The van der Waals surface area contributed by atoms with Crippen LogP contribution in [0.1, 0.15) is 19.8 Å². The van der Waals surface area contributed by atoms with Gasteiger partial charge in [-0.3, -0.25) is 0 Å². The van der Waals surface area contributed by atoms with Crippen LogP contribution in [0.5, 0.6) is 0 Å². The van der Waals surface area contributed by atoms with Crippen molar-refractivity contribution in [2.45, 2.75) is 39.4 Å². The smallest absolute Gasteiger partial charge is 0.130 e. The van der Waals surface area contributed by atoms with E-state index in [4.69, 9.17) is 0 Å². The highest BCUT2D eigenvalue weighted by Crippen LogP contribution is 2.21. The van der Waals surface area contributed by atoms with Crippen LogP contribution in [0.4, 0.5) is 0 Å². The number of rotatable bonds is 4. The number of carbonyl (C=O) groups is 1. The molecule has 0 bridgehead atoms. The molecule has 70 valence electrons. The Hall–Kier alpha value is 0.107. The van der Waals surface area contributed by atoms with Crippen molar-refractivity contribution in [3.8, 4) is 0 Å². The molecule has 0 aliphatic rings. The second-order valence-electron chi connectivity index (χ2n) is 4.04. The van der Waals surface area contributed by atoms with E-state index in [1.807, 2.05) is 0 Å². The van der Waals surface area contributed by atoms with Crippen LogP contribution >= 0.6 is 15.9 Å². The summed E-state index contributed by atoms with van der Waals surface area (Å²) in [5.74, 6) is 0.266. The molecule has 0 unspecified atom stereocenters. The summed E-state index contributed by atoms with van der Waals surface area (Å²) in [5.41, 5.74) is 0. The van der Waals surface area contributed by atoms with Crippen LogP contribution in [0.2, 0.25) is 19.6 Å². The van der Waals surface area contributed by atoms with Crippen molar-refractivity contribution in [1.82, 2.24) is 0 Å². The number of halogens is 1. The fraction of sp³-hybridized carbons (Fsp3) is 0.667. The summed E-state index contributed by atoms with van der Waals surface area (Å²) in [6.07, 6.45) is 3.69. The van der Waals surface area contributed by atoms with Crippen LogP contribution in [0, 0.1) is 0 Å². The van der Waals surface area contributed by atoms with Gasteiger partial charge in [0.25, 0.3) is 0 Å². The molecule has 0 aliphatic carbocycles. The average Bonchev–Trinajstić information content (AvgIpc) is 1.84. The molecule has 12 heavy (non-hydrogen) atoms. The highest BCUT2D eigenvalue weighted by atomic mass is 79.9. The minimum atomic E-state index is -1.17. The lowest BCUT2D eigenvalue weighted by Gasteiger charge is -2.14. The quantitative estimate of drug-likeness (QED) is 0.697. The Morgan fingerprint density at radius 1 is 1.42 bits per heavy atom. The maximum atomic E-state index is 10.6. The van der Waals surface area contributed by atoms with Gasteiger partial charge in [0.05, 0.1) is 8.07 Å². The minimum absolute atomic E-state index is 0.266. The summed E-state index contributed by atoms with van der Waals surface area (Å²) in [5, 5.41) is 0. The van der Waals surface area contributed by atoms with Crippen LogP contribution in [0.25, 0.3) is 0 Å². The van der Waals surface area contributed by atoms with Gasteiger partial charge in [-0.25, -0.2) is 0 Å². The van der Waals surface area contributed by atoms with Gasteiger partial charge in [0.1, 0.15) is 5.78 Å². The van der Waals surface area contributed by atoms with Gasteiger partial charge in [-0.1, -0.05) is 41.6 Å². The lowest BCUT2D eigenvalue weighted by Crippen LogP contribution is -2.20. The van der Waals surface area contributed by atoms with Gasteiger partial charge < -0.3 is 4.79 Å². The molecule has 0 aromatic heterocycles. The highest BCUT2D eigenvalue weighted by Gasteiger charge is 2.16. The van der Waals surface area contributed by atoms with E-state index < -0.39 is 8.07 Å². The molecule has 1 nitrogen and oxygen atoms in total. The molecule has 0 radical (unpaired) electrons. The molecule has 0 heterocycles. The van der Waals surface area contributed by atoms with Crippen molar-refractivity contribution in [1.29, 1.82) is 0 Å². The molecule has 0 rings (SSSR count). The number of hydrogen-bond donors (Lipinski definition) is 0. The predicted octanol–water partition coefficient (Wildman–Crippen LogP) is 3.51. The first-order chi connectivity index (χ1) is 5.34. The van der Waals surface area contributed by atoms with Gasteiger partial charge in [-0.15, -0.1) is 0 Å². The summed E-state index contributed by atoms with van der Waals surface area (Å²) in [7, 11) is -1.17. The molecule has 0 saturated heterocycles. The second-order valence-corrected chi connectivity index (χ2v) is 10.7. The lowest BCUT2D eigenvalue weighted by atomic mass is 10.2. The third kappa shape index (κ3) is 5.72. The van der Waals surface area contributed by atoms with Gasteiger partial charge in [-0.2, -0.15) is 0 Å². The Morgan fingerprint density at radius 2 is 1.92 bits per heavy atom. The van der Waals surface area contributed by atoms with Crippen molar-refractivity contribution in [2.75, 3.05) is 0 Å². The van der Waals surface area contributed by atoms with Crippen molar-refractivity contribution < 1.29 is 4.79 Å². The predicted molar refractivity (Wildman–Crippen MR) is 60.3 cm³/mol. The number of ketones is 1. The van der Waals surface area contributed by atoms with Crippen molar-refractivity contribution in [3.63, 3.8) is 0 Å². The fourth-order valence-corrected chi connectivity index (χ4v) is 1.69. The zero-order chi connectivity index (χ0) is 9.78. The third-order valence-electron chi connectivity index (χ3n) is 1.54. The Bertz CT molecular complexity index is 191. The Morgan fingerprint density at radius 3 is 2.25 bits per heavy atom. The monoisotopic (exact) mass is 248 g/mol. The van der Waals surface area contributed by atoms with E-state index in [1.54, 1.807) is 6.92 Å². The summed E-state index contributed by atoms with van der Waals surface area (Å²) >= 11 is 3.56. The maximum Gasteiger partial charge on any atom is 0.130 e. The van der Waals surface area contributed by atoms with Gasteiger partial charge in [-0.05, 0) is 17.5 Å². The molecule has 0 amide bonds. The zero-order valence-corrected chi connectivity index (χ0v) is 10.9. The van der Waals surface area contributed by atoms with Crippen LogP contribution in [-0.2, 0) is 4.79 Å². The number of hydrogen-bond acceptors (Lipinski definition) is 1. The van der Waals surface area contributed by atoms with Gasteiger partial charge in [0, 0.05) is 6.42 Å². The molecule has 0 N–H and O–H groups in total. The zero-order valence-electron chi connectivity index (χ0n) is 8.28. The molecule has 0 aromatic rings. The van der Waals surface area contributed by atoms with E-state index in [-0.39, 0.29) is 5.78 Å². The molecule has 0 saturated carbocycles. The van der Waals surface area contributed by atoms with Crippen molar-refractivity contribution >= 4 is 29.8 Å². The Labute approximate surface area is 84.4 Å². The fourth-order valence-electron chi connectivity index (χ4n) is 0.708. The van der Waals surface area contributed by atoms with E-state index in [9.17, 15) is 4.79 Å². The first-order valence-electron chi connectivity index (χ1n) is 4.19. The summed E-state index contributed by atoms with van der Waals surface area (Å²) < 4.78 is 1.32. The molecule has 0 atom stereocenters. The molecular weight excluding hydrogens is 232 g/mol. The average molecular weight is 249 g/mol. The lowest BCUT2D eigenvalue weighted by molar-refractivity contribution is -0.116. The van der Waals surface area contributed by atoms with E-state index in [1.165, 1.54) is 4.11 Å². The highest BCUT2D eigenvalue weighted by molar-refractivity contribution is 9.12. The van der Waals surface area contributed by atoms with Crippen LogP contribution < -0.4 is 0 Å². The summed E-state index contributed by atoms with van der Waals surface area (Å²) in [6.45, 7) is 8.47. The van der Waals surface area contributed by atoms with Crippen LogP contribution in [0.3, 0.4) is 0 Å². The minimum Gasteiger partial charge on any atom is -0.300 e. The van der Waals surface area contributed by atoms with Crippen LogP contribution in [-0.4, -0.2) is 13.9 Å². The summed E-state index contributed by atoms with van der Waals surface area (Å²) in [6, 6.07) is 0. The maximum absolute atomic E-state index is 10.6. The number of Topliss-reactive ketones (excluding diaryl/α,β-unsaturated/α-hetero) is 1. The second kappa shape index (κ2) is 4.97. The Kier molecular flexibility index (Phi) is 5.02. The Balaban J connectivity index is 3.94. The van der Waals surface area contributed by atoms with E-state index >= 15 is 0 Å². The van der Waals surface area contributed by atoms with E-state index in [0.29, 0.717) is 6.42 Å². The normalized spacial score (nSPS) is 13.2. The molecule has 3 heteroatoms. The molecule has 0 fully saturated rings. The number of allylic oxidation sites excluding steroid dienone is 1. The largest absolute Gasteiger partial charge is 0.300 e. The van der Waals surface area contributed by atoms with Gasteiger partial charge in [0.2, 0.25) is 0 Å².